The second kappa shape index (κ2) is 6.84. The maximum absolute atomic E-state index is 5.75. The minimum absolute atomic E-state index is 0.159. The second-order valence-corrected chi connectivity index (χ2v) is 6.16. The number of anilines is 3. The summed E-state index contributed by atoms with van der Waals surface area (Å²) in [4.78, 5) is 21.1. The van der Waals surface area contributed by atoms with Gasteiger partial charge in [0.1, 0.15) is 12.1 Å². The predicted octanol–water partition coefficient (Wildman–Crippen LogP) is 1.18. The molecule has 0 spiro atoms. The van der Waals surface area contributed by atoms with Gasteiger partial charge < -0.3 is 15.0 Å². The average molecular weight is 348 g/mol. The van der Waals surface area contributed by atoms with Crippen LogP contribution in [0.15, 0.2) is 24.7 Å². The number of nitrogens with zero attached hydrogens (tertiary/aromatic N) is 6. The third-order valence-corrected chi connectivity index (χ3v) is 4.50. The lowest BCUT2D eigenvalue weighted by molar-refractivity contribution is -0.0660. The van der Waals surface area contributed by atoms with Gasteiger partial charge in [0.15, 0.2) is 0 Å². The van der Waals surface area contributed by atoms with Crippen LogP contribution < -0.4 is 10.2 Å². The van der Waals surface area contributed by atoms with Gasteiger partial charge in [-0.15, -0.1) is 0 Å². The Balaban J connectivity index is 1.35. The van der Waals surface area contributed by atoms with Crippen molar-refractivity contribution in [1.29, 1.82) is 0 Å². The summed E-state index contributed by atoms with van der Waals surface area (Å²) in [5, 5.41) is 3.22. The third-order valence-electron chi connectivity index (χ3n) is 4.32. The lowest BCUT2D eigenvalue weighted by Crippen LogP contribution is -2.56. The largest absolute Gasteiger partial charge is 0.378 e. The van der Waals surface area contributed by atoms with Crippen LogP contribution in [0.1, 0.15) is 0 Å². The van der Waals surface area contributed by atoms with Crippen LogP contribution in [0.4, 0.5) is 17.5 Å². The molecule has 2 fully saturated rings. The Bertz CT molecular complexity index is 686. The van der Waals surface area contributed by atoms with Crippen LogP contribution in [0.2, 0.25) is 5.28 Å². The molecule has 1 N–H and O–H groups in total. The highest BCUT2D eigenvalue weighted by Gasteiger charge is 2.29. The zero-order chi connectivity index (χ0) is 16.4. The number of aromatic nitrogens is 4. The van der Waals surface area contributed by atoms with E-state index < -0.39 is 0 Å². The van der Waals surface area contributed by atoms with Crippen LogP contribution in [0.3, 0.4) is 0 Å². The minimum Gasteiger partial charge on any atom is -0.378 e. The van der Waals surface area contributed by atoms with Gasteiger partial charge in [0.25, 0.3) is 0 Å². The maximum Gasteiger partial charge on any atom is 0.231 e. The van der Waals surface area contributed by atoms with Crippen molar-refractivity contribution < 1.29 is 4.74 Å². The zero-order valence-corrected chi connectivity index (χ0v) is 13.9. The molecule has 8 nitrogen and oxygen atoms in total. The molecule has 2 aliphatic rings. The van der Waals surface area contributed by atoms with E-state index in [4.69, 9.17) is 16.3 Å². The van der Waals surface area contributed by atoms with Gasteiger partial charge in [-0.2, -0.15) is 4.98 Å². The molecule has 4 heterocycles. The van der Waals surface area contributed by atoms with Gasteiger partial charge in [-0.05, 0) is 23.7 Å². The molecule has 0 radical (unpaired) electrons. The summed E-state index contributed by atoms with van der Waals surface area (Å²) in [5.41, 5.74) is 0.811. The third kappa shape index (κ3) is 3.40. The lowest BCUT2D eigenvalue weighted by atomic mass is 10.2. The number of hydrogen-bond acceptors (Lipinski definition) is 8. The van der Waals surface area contributed by atoms with E-state index in [9.17, 15) is 0 Å². The van der Waals surface area contributed by atoms with Crippen molar-refractivity contribution >= 4 is 29.1 Å². The molecule has 0 unspecified atom stereocenters. The van der Waals surface area contributed by atoms with Crippen molar-refractivity contribution in [2.24, 2.45) is 0 Å². The van der Waals surface area contributed by atoms with Crippen molar-refractivity contribution in [1.82, 2.24) is 24.8 Å². The molecule has 9 heteroatoms. The SMILES string of the molecule is Clc1ncnc(Nc2ccc(N3CCN(C4COC4)CC3)nc2)n1. The smallest absolute Gasteiger partial charge is 0.231 e. The van der Waals surface area contributed by atoms with Gasteiger partial charge in [-0.25, -0.2) is 15.0 Å². The summed E-state index contributed by atoms with van der Waals surface area (Å²) in [7, 11) is 0. The average Bonchev–Trinajstić information content (AvgIpc) is 2.55. The summed E-state index contributed by atoms with van der Waals surface area (Å²) < 4.78 is 5.27. The first-order valence-corrected chi connectivity index (χ1v) is 8.30. The quantitative estimate of drug-likeness (QED) is 0.883. The molecule has 2 aromatic heterocycles. The first kappa shape index (κ1) is 15.5. The van der Waals surface area contributed by atoms with Crippen LogP contribution in [0.25, 0.3) is 0 Å². The Labute approximate surface area is 144 Å². The Hall–Kier alpha value is -2.03. The van der Waals surface area contributed by atoms with Crippen LogP contribution in [0, 0.1) is 0 Å². The van der Waals surface area contributed by atoms with Crippen molar-refractivity contribution in [2.75, 3.05) is 49.6 Å². The maximum atomic E-state index is 5.75. The molecule has 126 valence electrons. The molecule has 0 aliphatic carbocycles. The fourth-order valence-corrected chi connectivity index (χ4v) is 2.99. The number of rotatable bonds is 4. The van der Waals surface area contributed by atoms with Gasteiger partial charge >= 0.3 is 0 Å². The molecular weight excluding hydrogens is 330 g/mol. The molecule has 0 amide bonds. The van der Waals surface area contributed by atoms with Crippen LogP contribution in [-0.2, 0) is 4.74 Å². The Morgan fingerprint density at radius 1 is 1.08 bits per heavy atom. The van der Waals surface area contributed by atoms with E-state index in [0.29, 0.717) is 12.0 Å². The summed E-state index contributed by atoms with van der Waals surface area (Å²) in [6, 6.07) is 4.58. The van der Waals surface area contributed by atoms with Gasteiger partial charge in [0.05, 0.1) is 31.1 Å². The number of pyridine rings is 1. The molecule has 24 heavy (non-hydrogen) atoms. The van der Waals surface area contributed by atoms with Crippen LogP contribution in [-0.4, -0.2) is 70.3 Å². The molecular formula is C15H18ClN7O. The Kier molecular flexibility index (Phi) is 4.42. The van der Waals surface area contributed by atoms with Crippen molar-refractivity contribution in [3.05, 3.63) is 29.9 Å². The fourth-order valence-electron chi connectivity index (χ4n) is 2.86. The van der Waals surface area contributed by atoms with E-state index in [0.717, 1.165) is 50.9 Å². The monoisotopic (exact) mass is 347 g/mol. The van der Waals surface area contributed by atoms with Gasteiger partial charge in [0, 0.05) is 26.2 Å². The highest BCUT2D eigenvalue weighted by Crippen LogP contribution is 2.20. The van der Waals surface area contributed by atoms with E-state index in [-0.39, 0.29) is 5.28 Å². The van der Waals surface area contributed by atoms with Crippen molar-refractivity contribution in [3.8, 4) is 0 Å². The molecule has 2 aromatic rings. The van der Waals surface area contributed by atoms with E-state index >= 15 is 0 Å². The van der Waals surface area contributed by atoms with Crippen LogP contribution in [0.5, 0.6) is 0 Å². The van der Waals surface area contributed by atoms with Crippen LogP contribution >= 0.6 is 11.6 Å². The molecule has 4 rings (SSSR count). The second-order valence-electron chi connectivity index (χ2n) is 5.82. The van der Waals surface area contributed by atoms with Gasteiger partial charge in [0.2, 0.25) is 11.2 Å². The minimum atomic E-state index is 0.159. The summed E-state index contributed by atoms with van der Waals surface area (Å²) >= 11 is 5.75. The van der Waals surface area contributed by atoms with Gasteiger partial charge in [-0.1, -0.05) is 0 Å². The highest BCUT2D eigenvalue weighted by atomic mass is 35.5. The predicted molar refractivity (Wildman–Crippen MR) is 90.7 cm³/mol. The zero-order valence-electron chi connectivity index (χ0n) is 13.1. The molecule has 0 bridgehead atoms. The highest BCUT2D eigenvalue weighted by molar-refractivity contribution is 6.28. The number of nitrogens with one attached hydrogen (secondary N) is 1. The molecule has 0 saturated carbocycles. The molecule has 2 saturated heterocycles. The van der Waals surface area contributed by atoms with Crippen molar-refractivity contribution in [2.45, 2.75) is 6.04 Å². The number of piperazine rings is 1. The molecule has 0 aromatic carbocycles. The lowest BCUT2D eigenvalue weighted by Gasteiger charge is -2.42. The summed E-state index contributed by atoms with van der Waals surface area (Å²) in [5.74, 6) is 1.39. The van der Waals surface area contributed by atoms with E-state index in [1.54, 1.807) is 6.20 Å². The standard InChI is InChI=1S/C15H18ClN7O/c16-14-18-10-19-15(21-14)20-11-1-2-13(17-7-11)23-5-3-22(4-6-23)12-8-24-9-12/h1-2,7,10,12H,3-6,8-9H2,(H,18,19,20,21). The first-order valence-electron chi connectivity index (χ1n) is 7.92. The summed E-state index contributed by atoms with van der Waals surface area (Å²) in [6.07, 6.45) is 3.14. The fraction of sp³-hybridized carbons (Fsp3) is 0.467. The number of ether oxygens (including phenoxy) is 1. The number of halogens is 1. The van der Waals surface area contributed by atoms with Gasteiger partial charge in [-0.3, -0.25) is 4.90 Å². The number of hydrogen-bond donors (Lipinski definition) is 1. The Morgan fingerprint density at radius 3 is 2.54 bits per heavy atom. The Morgan fingerprint density at radius 2 is 1.92 bits per heavy atom. The topological polar surface area (TPSA) is 79.3 Å². The first-order chi connectivity index (χ1) is 11.8. The molecule has 2 aliphatic heterocycles. The van der Waals surface area contributed by atoms with E-state index in [1.807, 2.05) is 12.1 Å². The van der Waals surface area contributed by atoms with E-state index in [1.165, 1.54) is 6.33 Å². The molecule has 0 atom stereocenters. The van der Waals surface area contributed by atoms with E-state index in [2.05, 4.69) is 35.1 Å². The summed E-state index contributed by atoms with van der Waals surface area (Å²) in [6.45, 7) is 5.83. The normalized spacial score (nSPS) is 19.1. The van der Waals surface area contributed by atoms with Crippen molar-refractivity contribution in [3.63, 3.8) is 0 Å².